The second kappa shape index (κ2) is 9.75. The Morgan fingerprint density at radius 1 is 1.06 bits per heavy atom. The van der Waals surface area contributed by atoms with Gasteiger partial charge in [-0.05, 0) is 42.3 Å². The Bertz CT molecular complexity index is 1030. The fourth-order valence-electron chi connectivity index (χ4n) is 3.93. The number of aromatic nitrogens is 3. The first-order chi connectivity index (χ1) is 15.1. The molecule has 1 aliphatic rings. The second-order valence-electron chi connectivity index (χ2n) is 7.87. The number of hydrogen-bond donors (Lipinski definition) is 1. The van der Waals surface area contributed by atoms with E-state index in [1.54, 1.807) is 31.4 Å². The van der Waals surface area contributed by atoms with E-state index in [2.05, 4.69) is 56.2 Å². The number of nitrogens with one attached hydrogen (secondary N) is 1. The zero-order chi connectivity index (χ0) is 21.6. The molecule has 7 nitrogen and oxygen atoms in total. The fraction of sp³-hybridized carbons (Fsp3) is 0.375. The number of rotatable bonds is 7. The van der Waals surface area contributed by atoms with Gasteiger partial charge in [0.1, 0.15) is 17.4 Å². The van der Waals surface area contributed by atoms with Crippen LogP contribution in [0, 0.1) is 6.92 Å². The number of benzene rings is 2. The van der Waals surface area contributed by atoms with Crippen molar-refractivity contribution in [1.82, 2.24) is 25.0 Å². The summed E-state index contributed by atoms with van der Waals surface area (Å²) in [7, 11) is 1.61. The SMILES string of the molecule is COc1ccc(C(=O)NCCc2nnc3n2CCN(Cc2ccccc2C)CC3)cc1. The van der Waals surface area contributed by atoms with Crippen molar-refractivity contribution in [3.05, 3.63) is 76.9 Å². The summed E-state index contributed by atoms with van der Waals surface area (Å²) in [5.74, 6) is 2.60. The van der Waals surface area contributed by atoms with E-state index in [1.807, 2.05) is 0 Å². The number of carbonyl (C=O) groups is 1. The summed E-state index contributed by atoms with van der Waals surface area (Å²) >= 11 is 0. The van der Waals surface area contributed by atoms with Crippen molar-refractivity contribution in [3.8, 4) is 5.75 Å². The Kier molecular flexibility index (Phi) is 6.62. The highest BCUT2D eigenvalue weighted by Crippen LogP contribution is 2.15. The molecular weight excluding hydrogens is 390 g/mol. The number of hydrogen-bond acceptors (Lipinski definition) is 5. The maximum absolute atomic E-state index is 12.4. The normalized spacial score (nSPS) is 14.0. The molecule has 0 saturated heterocycles. The zero-order valence-corrected chi connectivity index (χ0v) is 18.2. The smallest absolute Gasteiger partial charge is 0.251 e. The summed E-state index contributed by atoms with van der Waals surface area (Å²) in [5.41, 5.74) is 3.33. The molecule has 2 aromatic carbocycles. The predicted octanol–water partition coefficient (Wildman–Crippen LogP) is 2.63. The van der Waals surface area contributed by atoms with Gasteiger partial charge >= 0.3 is 0 Å². The molecular formula is C24H29N5O2. The number of fused-ring (bicyclic) bond motifs is 1. The minimum atomic E-state index is -0.0948. The lowest BCUT2D eigenvalue weighted by molar-refractivity contribution is 0.0954. The summed E-state index contributed by atoms with van der Waals surface area (Å²) in [6.45, 7) is 6.45. The van der Waals surface area contributed by atoms with E-state index in [0.29, 0.717) is 18.5 Å². The van der Waals surface area contributed by atoms with Crippen LogP contribution < -0.4 is 10.1 Å². The topological polar surface area (TPSA) is 72.3 Å². The number of methoxy groups -OCH3 is 1. The summed E-state index contributed by atoms with van der Waals surface area (Å²) in [6.07, 6.45) is 1.55. The minimum Gasteiger partial charge on any atom is -0.497 e. The van der Waals surface area contributed by atoms with Crippen LogP contribution in [0.4, 0.5) is 0 Å². The van der Waals surface area contributed by atoms with Gasteiger partial charge in [-0.15, -0.1) is 10.2 Å². The van der Waals surface area contributed by atoms with Crippen molar-refractivity contribution in [2.45, 2.75) is 32.9 Å². The Hall–Kier alpha value is -3.19. The molecule has 0 atom stereocenters. The fourth-order valence-corrected chi connectivity index (χ4v) is 3.93. The summed E-state index contributed by atoms with van der Waals surface area (Å²) in [4.78, 5) is 14.8. The van der Waals surface area contributed by atoms with Crippen LogP contribution in [-0.2, 0) is 25.9 Å². The molecule has 2 heterocycles. The van der Waals surface area contributed by atoms with Crippen LogP contribution in [0.15, 0.2) is 48.5 Å². The monoisotopic (exact) mass is 419 g/mol. The van der Waals surface area contributed by atoms with Crippen LogP contribution in [-0.4, -0.2) is 52.3 Å². The average Bonchev–Trinajstić information content (AvgIpc) is 3.07. The van der Waals surface area contributed by atoms with Crippen LogP contribution in [0.2, 0.25) is 0 Å². The first-order valence-electron chi connectivity index (χ1n) is 10.7. The lowest BCUT2D eigenvalue weighted by Gasteiger charge is -2.20. The molecule has 0 fully saturated rings. The van der Waals surface area contributed by atoms with Crippen molar-refractivity contribution in [2.24, 2.45) is 0 Å². The Labute approximate surface area is 183 Å². The number of amides is 1. The lowest BCUT2D eigenvalue weighted by Crippen LogP contribution is -2.28. The van der Waals surface area contributed by atoms with Gasteiger partial charge in [0.25, 0.3) is 5.91 Å². The summed E-state index contributed by atoms with van der Waals surface area (Å²) < 4.78 is 7.36. The molecule has 4 rings (SSSR count). The van der Waals surface area contributed by atoms with Gasteiger partial charge in [0.15, 0.2) is 0 Å². The van der Waals surface area contributed by atoms with E-state index in [0.717, 1.165) is 50.0 Å². The number of carbonyl (C=O) groups excluding carboxylic acids is 1. The van der Waals surface area contributed by atoms with E-state index in [1.165, 1.54) is 11.1 Å². The van der Waals surface area contributed by atoms with Crippen molar-refractivity contribution in [2.75, 3.05) is 26.7 Å². The molecule has 0 unspecified atom stereocenters. The largest absolute Gasteiger partial charge is 0.497 e. The molecule has 7 heteroatoms. The highest BCUT2D eigenvalue weighted by Gasteiger charge is 2.19. The third-order valence-corrected chi connectivity index (χ3v) is 5.84. The first-order valence-corrected chi connectivity index (χ1v) is 10.7. The predicted molar refractivity (Wildman–Crippen MR) is 119 cm³/mol. The third-order valence-electron chi connectivity index (χ3n) is 5.84. The maximum atomic E-state index is 12.4. The Balaban J connectivity index is 1.31. The zero-order valence-electron chi connectivity index (χ0n) is 18.2. The highest BCUT2D eigenvalue weighted by molar-refractivity contribution is 5.94. The van der Waals surface area contributed by atoms with Gasteiger partial charge in [-0.25, -0.2) is 0 Å². The van der Waals surface area contributed by atoms with Crippen LogP contribution in [0.1, 0.15) is 33.1 Å². The highest BCUT2D eigenvalue weighted by atomic mass is 16.5. The first kappa shape index (κ1) is 21.1. The number of aryl methyl sites for hydroxylation is 1. The second-order valence-corrected chi connectivity index (χ2v) is 7.87. The molecule has 0 aliphatic carbocycles. The van der Waals surface area contributed by atoms with Crippen molar-refractivity contribution >= 4 is 5.91 Å². The molecule has 0 saturated carbocycles. The lowest BCUT2D eigenvalue weighted by atomic mass is 10.1. The van der Waals surface area contributed by atoms with Gasteiger partial charge in [0.2, 0.25) is 0 Å². The van der Waals surface area contributed by atoms with Gasteiger partial charge in [-0.3, -0.25) is 9.69 Å². The van der Waals surface area contributed by atoms with Gasteiger partial charge in [0, 0.05) is 51.1 Å². The average molecular weight is 420 g/mol. The quantitative estimate of drug-likeness (QED) is 0.637. The Morgan fingerprint density at radius 3 is 2.65 bits per heavy atom. The van der Waals surface area contributed by atoms with E-state index in [-0.39, 0.29) is 5.91 Å². The molecule has 3 aromatic rings. The van der Waals surface area contributed by atoms with Gasteiger partial charge in [-0.1, -0.05) is 24.3 Å². The molecule has 162 valence electrons. The molecule has 1 N–H and O–H groups in total. The van der Waals surface area contributed by atoms with E-state index in [4.69, 9.17) is 4.74 Å². The molecule has 0 radical (unpaired) electrons. The van der Waals surface area contributed by atoms with E-state index >= 15 is 0 Å². The van der Waals surface area contributed by atoms with Crippen molar-refractivity contribution in [1.29, 1.82) is 0 Å². The molecule has 0 spiro atoms. The van der Waals surface area contributed by atoms with Crippen molar-refractivity contribution in [3.63, 3.8) is 0 Å². The Morgan fingerprint density at radius 2 is 1.87 bits per heavy atom. The number of ether oxygens (including phenoxy) is 1. The molecule has 31 heavy (non-hydrogen) atoms. The maximum Gasteiger partial charge on any atom is 0.251 e. The van der Waals surface area contributed by atoms with Gasteiger partial charge < -0.3 is 14.6 Å². The van der Waals surface area contributed by atoms with Crippen LogP contribution in [0.25, 0.3) is 0 Å². The third kappa shape index (κ3) is 5.11. The summed E-state index contributed by atoms with van der Waals surface area (Å²) in [6, 6.07) is 15.7. The van der Waals surface area contributed by atoms with Gasteiger partial charge in [-0.2, -0.15) is 0 Å². The molecule has 1 aliphatic heterocycles. The van der Waals surface area contributed by atoms with Gasteiger partial charge in [0.05, 0.1) is 7.11 Å². The van der Waals surface area contributed by atoms with E-state index in [9.17, 15) is 4.79 Å². The molecule has 1 aromatic heterocycles. The van der Waals surface area contributed by atoms with Crippen LogP contribution in [0.5, 0.6) is 5.75 Å². The molecule has 1 amide bonds. The number of nitrogens with zero attached hydrogens (tertiary/aromatic N) is 4. The van der Waals surface area contributed by atoms with Crippen molar-refractivity contribution < 1.29 is 9.53 Å². The summed E-state index contributed by atoms with van der Waals surface area (Å²) in [5, 5.41) is 11.8. The minimum absolute atomic E-state index is 0.0948. The molecule has 0 bridgehead atoms. The van der Waals surface area contributed by atoms with Crippen LogP contribution in [0.3, 0.4) is 0 Å². The van der Waals surface area contributed by atoms with E-state index < -0.39 is 0 Å². The van der Waals surface area contributed by atoms with Crippen LogP contribution >= 0.6 is 0 Å². The standard InChI is InChI=1S/C24H29N5O2/c1-18-5-3-4-6-20(18)17-28-14-12-23-27-26-22(29(23)16-15-28)11-13-25-24(30)19-7-9-21(31-2)10-8-19/h3-10H,11-17H2,1-2H3,(H,25,30).